The Bertz CT molecular complexity index is 277. The van der Waals surface area contributed by atoms with E-state index in [9.17, 15) is 9.59 Å². The number of hydrogen-bond donors (Lipinski definition) is 0. The summed E-state index contributed by atoms with van der Waals surface area (Å²) >= 11 is 0. The van der Waals surface area contributed by atoms with E-state index in [0.717, 1.165) is 0 Å². The molecule has 0 unspecified atom stereocenters. The molecule has 3 heteroatoms. The summed E-state index contributed by atoms with van der Waals surface area (Å²) in [6.45, 7) is 21.6. The largest absolute Gasteiger partial charge is 0.469 e. The topological polar surface area (TPSA) is 43.4 Å². The second-order valence-electron chi connectivity index (χ2n) is 8.55. The molecule has 0 aromatic rings. The highest BCUT2D eigenvalue weighted by atomic mass is 16.5. The van der Waals surface area contributed by atoms with Crippen molar-refractivity contribution in [3.8, 4) is 0 Å². The Balaban J connectivity index is -0.000000223. The van der Waals surface area contributed by atoms with Crippen LogP contribution in [0.2, 0.25) is 0 Å². The maximum atomic E-state index is 10.6. The summed E-state index contributed by atoms with van der Waals surface area (Å²) in [6.07, 6.45) is 0. The SMILES string of the molecule is CC(=O)C(C)(C)C.CC(C)(C)C.COC(=O)C(C)(C)C. The fourth-order valence-electron chi connectivity index (χ4n) is 0.306. The highest BCUT2D eigenvalue weighted by molar-refractivity contribution is 5.80. The average Bonchev–Trinajstić information content (AvgIpc) is 2.11. The van der Waals surface area contributed by atoms with Crippen LogP contribution in [0.5, 0.6) is 0 Å². The lowest BCUT2D eigenvalue weighted by Gasteiger charge is -2.13. The molecular formula is C17H36O3. The number of methoxy groups -OCH3 is 1. The van der Waals surface area contributed by atoms with Crippen LogP contribution in [0, 0.1) is 16.2 Å². The minimum atomic E-state index is -0.352. The Morgan fingerprint density at radius 3 is 0.900 bits per heavy atom. The van der Waals surface area contributed by atoms with E-state index in [2.05, 4.69) is 32.4 Å². The summed E-state index contributed by atoms with van der Waals surface area (Å²) in [5.74, 6) is 0.0741. The second-order valence-corrected chi connectivity index (χ2v) is 8.55. The van der Waals surface area contributed by atoms with Gasteiger partial charge in [-0.2, -0.15) is 0 Å². The van der Waals surface area contributed by atoms with Crippen molar-refractivity contribution in [3.05, 3.63) is 0 Å². The van der Waals surface area contributed by atoms with Crippen LogP contribution in [0.4, 0.5) is 0 Å². The number of rotatable bonds is 0. The monoisotopic (exact) mass is 288 g/mol. The molecule has 0 spiro atoms. The molecular weight excluding hydrogens is 252 g/mol. The van der Waals surface area contributed by atoms with Crippen molar-refractivity contribution in [3.63, 3.8) is 0 Å². The van der Waals surface area contributed by atoms with Gasteiger partial charge in [-0.1, -0.05) is 48.5 Å². The molecule has 0 aliphatic rings. The second kappa shape index (κ2) is 9.15. The van der Waals surface area contributed by atoms with E-state index in [4.69, 9.17) is 0 Å². The summed E-state index contributed by atoms with van der Waals surface area (Å²) in [5.41, 5.74) is 0.00868. The molecule has 0 atom stereocenters. The molecule has 0 amide bonds. The summed E-state index contributed by atoms with van der Waals surface area (Å²) < 4.78 is 4.48. The van der Waals surface area contributed by atoms with Crippen LogP contribution in [0.3, 0.4) is 0 Å². The Kier molecular flexibility index (Phi) is 11.1. The first-order valence-electron chi connectivity index (χ1n) is 7.02. The van der Waals surface area contributed by atoms with Gasteiger partial charge in [0.25, 0.3) is 0 Å². The van der Waals surface area contributed by atoms with E-state index >= 15 is 0 Å². The molecule has 0 radical (unpaired) electrons. The lowest BCUT2D eigenvalue weighted by molar-refractivity contribution is -0.149. The van der Waals surface area contributed by atoms with Gasteiger partial charge in [0.2, 0.25) is 0 Å². The Morgan fingerprint density at radius 1 is 0.700 bits per heavy atom. The standard InChI is InChI=1S/C6H12O2.C6H12O.C5H12/c1-6(2,3)5(7)8-4;1-5(7)6(2,3)4;1-5(2,3)4/h1-4H3;1-4H3;1-4H3. The van der Waals surface area contributed by atoms with Crippen molar-refractivity contribution in [2.45, 2.75) is 76.2 Å². The zero-order valence-corrected chi connectivity index (χ0v) is 15.7. The number of carbonyl (C=O) groups excluding carboxylic acids is 2. The molecule has 0 aromatic heterocycles. The molecule has 3 nitrogen and oxygen atoms in total. The maximum Gasteiger partial charge on any atom is 0.310 e. The van der Waals surface area contributed by atoms with Crippen LogP contribution in [-0.4, -0.2) is 18.9 Å². The van der Waals surface area contributed by atoms with E-state index in [1.54, 1.807) is 6.92 Å². The van der Waals surface area contributed by atoms with Crippen LogP contribution in [-0.2, 0) is 14.3 Å². The molecule has 0 N–H and O–H groups in total. The Labute approximate surface area is 126 Å². The van der Waals surface area contributed by atoms with Gasteiger partial charge in [0.05, 0.1) is 12.5 Å². The molecule has 0 saturated heterocycles. The Hall–Kier alpha value is -0.860. The first-order chi connectivity index (χ1) is 8.42. The third-order valence-corrected chi connectivity index (χ3v) is 1.85. The third kappa shape index (κ3) is 25.9. The van der Waals surface area contributed by atoms with Crippen molar-refractivity contribution < 1.29 is 14.3 Å². The summed E-state index contributed by atoms with van der Waals surface area (Å²) in [4.78, 5) is 21.1. The van der Waals surface area contributed by atoms with Crippen LogP contribution in [0.1, 0.15) is 76.2 Å². The Morgan fingerprint density at radius 2 is 0.900 bits per heavy atom. The zero-order chi connectivity index (χ0) is 17.4. The molecule has 122 valence electrons. The van der Waals surface area contributed by atoms with Crippen molar-refractivity contribution in [1.82, 2.24) is 0 Å². The number of hydrogen-bond acceptors (Lipinski definition) is 3. The van der Waals surface area contributed by atoms with Crippen LogP contribution >= 0.6 is 0 Å². The predicted octanol–water partition coefficient (Wildman–Crippen LogP) is 4.88. The van der Waals surface area contributed by atoms with E-state index in [1.807, 2.05) is 41.5 Å². The molecule has 0 rings (SSSR count). The average molecular weight is 288 g/mol. The highest BCUT2D eigenvalue weighted by Crippen LogP contribution is 2.14. The number of ether oxygens (including phenoxy) is 1. The lowest BCUT2D eigenvalue weighted by atomic mass is 9.92. The molecule has 0 saturated carbocycles. The van der Waals surface area contributed by atoms with Gasteiger partial charge >= 0.3 is 5.97 Å². The van der Waals surface area contributed by atoms with Gasteiger partial charge in [-0.3, -0.25) is 9.59 Å². The molecule has 0 heterocycles. The predicted molar refractivity (Wildman–Crippen MR) is 86.7 cm³/mol. The molecule has 0 aliphatic heterocycles. The number of Topliss-reactive ketones (excluding diaryl/α,β-unsaturated/α-hetero) is 1. The molecule has 0 aliphatic carbocycles. The van der Waals surface area contributed by atoms with Gasteiger partial charge in [0.15, 0.2) is 0 Å². The summed E-state index contributed by atoms with van der Waals surface area (Å²) in [6, 6.07) is 0. The summed E-state index contributed by atoms with van der Waals surface area (Å²) in [7, 11) is 1.40. The van der Waals surface area contributed by atoms with Gasteiger partial charge < -0.3 is 4.74 Å². The summed E-state index contributed by atoms with van der Waals surface area (Å²) in [5, 5.41) is 0. The quantitative estimate of drug-likeness (QED) is 0.597. The van der Waals surface area contributed by atoms with E-state index in [1.165, 1.54) is 7.11 Å². The van der Waals surface area contributed by atoms with Gasteiger partial charge in [-0.25, -0.2) is 0 Å². The van der Waals surface area contributed by atoms with E-state index in [-0.39, 0.29) is 22.6 Å². The van der Waals surface area contributed by atoms with Crippen LogP contribution < -0.4 is 0 Å². The van der Waals surface area contributed by atoms with Crippen LogP contribution in [0.25, 0.3) is 0 Å². The first kappa shape index (κ1) is 24.2. The fourth-order valence-corrected chi connectivity index (χ4v) is 0.306. The maximum absolute atomic E-state index is 10.6. The molecule has 0 aromatic carbocycles. The normalized spacial score (nSPS) is 11.4. The first-order valence-corrected chi connectivity index (χ1v) is 7.02. The molecule has 0 bridgehead atoms. The smallest absolute Gasteiger partial charge is 0.310 e. The van der Waals surface area contributed by atoms with Gasteiger partial charge in [-0.05, 0) is 33.1 Å². The van der Waals surface area contributed by atoms with Gasteiger partial charge in [0.1, 0.15) is 5.78 Å². The van der Waals surface area contributed by atoms with Crippen LogP contribution in [0.15, 0.2) is 0 Å². The highest BCUT2D eigenvalue weighted by Gasteiger charge is 2.21. The zero-order valence-electron chi connectivity index (χ0n) is 15.7. The number of ketones is 1. The minimum Gasteiger partial charge on any atom is -0.469 e. The number of esters is 1. The van der Waals surface area contributed by atoms with Crippen molar-refractivity contribution >= 4 is 11.8 Å². The fraction of sp³-hybridized carbons (Fsp3) is 0.882. The van der Waals surface area contributed by atoms with Crippen molar-refractivity contribution in [1.29, 1.82) is 0 Å². The van der Waals surface area contributed by atoms with Crippen molar-refractivity contribution in [2.75, 3.05) is 7.11 Å². The molecule has 0 fully saturated rings. The van der Waals surface area contributed by atoms with E-state index in [0.29, 0.717) is 5.41 Å². The lowest BCUT2D eigenvalue weighted by Crippen LogP contribution is -2.21. The van der Waals surface area contributed by atoms with Gasteiger partial charge in [0, 0.05) is 5.41 Å². The minimum absolute atomic E-state index is 0.139. The molecule has 20 heavy (non-hydrogen) atoms. The number of carbonyl (C=O) groups is 2. The van der Waals surface area contributed by atoms with Gasteiger partial charge in [-0.15, -0.1) is 0 Å². The third-order valence-electron chi connectivity index (χ3n) is 1.85. The van der Waals surface area contributed by atoms with E-state index < -0.39 is 0 Å². The van der Waals surface area contributed by atoms with Crippen molar-refractivity contribution in [2.24, 2.45) is 16.2 Å².